The van der Waals surface area contributed by atoms with E-state index in [4.69, 9.17) is 15.2 Å². The van der Waals surface area contributed by atoms with Crippen LogP contribution >= 0.6 is 7.44 Å². The third-order valence-electron chi connectivity index (χ3n) is 4.82. The lowest BCUT2D eigenvalue weighted by Crippen LogP contribution is -2.49. The van der Waals surface area contributed by atoms with Crippen LogP contribution in [0.15, 0.2) is 31.2 Å². The van der Waals surface area contributed by atoms with Crippen molar-refractivity contribution in [1.29, 1.82) is 0 Å². The number of imidazole rings is 1. The summed E-state index contributed by atoms with van der Waals surface area (Å²) in [5.41, 5.74) is 5.36. The molecular weight excluding hydrogens is 489 g/mol. The second-order valence-electron chi connectivity index (χ2n) is 8.90. The van der Waals surface area contributed by atoms with E-state index in [0.29, 0.717) is 17.7 Å². The molecule has 3 aromatic rings. The summed E-state index contributed by atoms with van der Waals surface area (Å²) < 4.78 is 26.7. The highest BCUT2D eigenvalue weighted by Gasteiger charge is 2.39. The SMILES string of the molecule is CC(C)OC(=O)C(C)(C)N[P@](=O)(CO[C@H](C)Cn1cnc2c(N)ncnc21)NC(=O)c1cnccn1. The van der Waals surface area contributed by atoms with Gasteiger partial charge >= 0.3 is 5.97 Å². The normalized spacial score (nSPS) is 14.4. The van der Waals surface area contributed by atoms with Gasteiger partial charge in [0.2, 0.25) is 0 Å². The molecule has 4 N–H and O–H groups in total. The third-order valence-corrected chi connectivity index (χ3v) is 6.81. The first kappa shape index (κ1) is 27.1. The molecule has 0 aliphatic carbocycles. The zero-order valence-corrected chi connectivity index (χ0v) is 21.6. The maximum atomic E-state index is 13.9. The van der Waals surface area contributed by atoms with Gasteiger partial charge in [0.05, 0.1) is 31.3 Å². The molecule has 0 radical (unpaired) electrons. The first-order valence-corrected chi connectivity index (χ1v) is 13.0. The van der Waals surface area contributed by atoms with E-state index in [9.17, 15) is 14.2 Å². The maximum absolute atomic E-state index is 13.9. The number of rotatable bonds is 11. The van der Waals surface area contributed by atoms with Crippen molar-refractivity contribution in [2.24, 2.45) is 0 Å². The van der Waals surface area contributed by atoms with Crippen molar-refractivity contribution in [2.75, 3.05) is 12.1 Å². The smallest absolute Gasteiger partial charge is 0.326 e. The molecule has 14 nitrogen and oxygen atoms in total. The molecule has 0 spiro atoms. The van der Waals surface area contributed by atoms with Gasteiger partial charge in [-0.3, -0.25) is 24.2 Å². The van der Waals surface area contributed by atoms with Gasteiger partial charge in [-0.15, -0.1) is 0 Å². The predicted molar refractivity (Wildman–Crippen MR) is 131 cm³/mol. The number of aromatic nitrogens is 6. The fourth-order valence-electron chi connectivity index (χ4n) is 3.18. The number of hydrogen-bond acceptors (Lipinski definition) is 11. The van der Waals surface area contributed by atoms with Gasteiger partial charge < -0.3 is 19.8 Å². The maximum Gasteiger partial charge on any atom is 0.326 e. The predicted octanol–water partition coefficient (Wildman–Crippen LogP) is 1.50. The van der Waals surface area contributed by atoms with Gasteiger partial charge in [0, 0.05) is 12.4 Å². The molecule has 36 heavy (non-hydrogen) atoms. The van der Waals surface area contributed by atoms with Crippen LogP contribution in [0.2, 0.25) is 0 Å². The van der Waals surface area contributed by atoms with Crippen molar-refractivity contribution in [3.63, 3.8) is 0 Å². The Morgan fingerprint density at radius 2 is 1.92 bits per heavy atom. The van der Waals surface area contributed by atoms with Crippen LogP contribution in [0.1, 0.15) is 45.1 Å². The zero-order chi connectivity index (χ0) is 26.5. The number of anilines is 1. The highest BCUT2D eigenvalue weighted by Crippen LogP contribution is 2.40. The van der Waals surface area contributed by atoms with E-state index in [2.05, 4.69) is 35.1 Å². The van der Waals surface area contributed by atoms with E-state index < -0.39 is 37.3 Å². The molecule has 15 heteroatoms. The molecule has 0 unspecified atom stereocenters. The minimum Gasteiger partial charge on any atom is -0.462 e. The summed E-state index contributed by atoms with van der Waals surface area (Å²) in [6, 6.07) is 0. The van der Waals surface area contributed by atoms with Gasteiger partial charge in [-0.05, 0) is 34.6 Å². The van der Waals surface area contributed by atoms with Gasteiger partial charge in [-0.1, -0.05) is 0 Å². The monoisotopic (exact) mass is 519 g/mol. The molecule has 0 aromatic carbocycles. The second-order valence-corrected chi connectivity index (χ2v) is 11.1. The molecule has 194 valence electrons. The Balaban J connectivity index is 1.76. The Morgan fingerprint density at radius 3 is 2.58 bits per heavy atom. The number of carbonyl (C=O) groups excluding carboxylic acids is 2. The van der Waals surface area contributed by atoms with Crippen molar-refractivity contribution in [1.82, 2.24) is 39.7 Å². The van der Waals surface area contributed by atoms with Crippen molar-refractivity contribution in [3.05, 3.63) is 36.9 Å². The van der Waals surface area contributed by atoms with E-state index in [0.717, 1.165) is 0 Å². The molecule has 0 saturated carbocycles. The molecule has 3 rings (SSSR count). The summed E-state index contributed by atoms with van der Waals surface area (Å²) in [5, 5.41) is 5.19. The molecule has 0 aliphatic heterocycles. The van der Waals surface area contributed by atoms with Gasteiger partial charge in [0.15, 0.2) is 11.5 Å². The summed E-state index contributed by atoms with van der Waals surface area (Å²) >= 11 is 0. The molecule has 3 heterocycles. The van der Waals surface area contributed by atoms with Crippen LogP contribution in [0.5, 0.6) is 0 Å². The van der Waals surface area contributed by atoms with Crippen LogP contribution in [0, 0.1) is 0 Å². The molecule has 2 atom stereocenters. The number of nitrogens with two attached hydrogens (primary N) is 1. The number of amides is 1. The van der Waals surface area contributed by atoms with E-state index in [1.807, 2.05) is 0 Å². The van der Waals surface area contributed by atoms with E-state index >= 15 is 0 Å². The number of nitrogens with zero attached hydrogens (tertiary/aromatic N) is 6. The number of hydrogen-bond donors (Lipinski definition) is 3. The van der Waals surface area contributed by atoms with Gasteiger partial charge in [0.25, 0.3) is 13.4 Å². The number of esters is 1. The molecule has 0 saturated heterocycles. The Bertz CT molecular complexity index is 1270. The van der Waals surface area contributed by atoms with Gasteiger partial charge in [-0.25, -0.2) is 25.0 Å². The third kappa shape index (κ3) is 6.80. The Labute approximate surface area is 207 Å². The van der Waals surface area contributed by atoms with Gasteiger partial charge in [-0.2, -0.15) is 0 Å². The second kappa shape index (κ2) is 11.1. The van der Waals surface area contributed by atoms with Crippen molar-refractivity contribution < 1.29 is 23.6 Å². The Kier molecular flexibility index (Phi) is 8.33. The van der Waals surface area contributed by atoms with Crippen LogP contribution in [-0.2, 0) is 25.4 Å². The summed E-state index contributed by atoms with van der Waals surface area (Å²) in [5.74, 6) is -1.12. The molecule has 0 fully saturated rings. The molecule has 0 aliphatic rings. The number of carbonyl (C=O) groups is 2. The summed E-state index contributed by atoms with van der Waals surface area (Å²) in [6.07, 6.45) is 5.55. The van der Waals surface area contributed by atoms with Crippen LogP contribution in [0.4, 0.5) is 5.82 Å². The molecule has 0 bridgehead atoms. The fraction of sp³-hybridized carbons (Fsp3) is 0.476. The highest BCUT2D eigenvalue weighted by atomic mass is 31.2. The molecule has 1 amide bonds. The lowest BCUT2D eigenvalue weighted by molar-refractivity contribution is -0.153. The lowest BCUT2D eigenvalue weighted by atomic mass is 10.1. The quantitative estimate of drug-likeness (QED) is 0.245. The summed E-state index contributed by atoms with van der Waals surface area (Å²) in [7, 11) is -3.87. The van der Waals surface area contributed by atoms with Crippen LogP contribution < -0.4 is 15.9 Å². The largest absolute Gasteiger partial charge is 0.462 e. The average molecular weight is 520 g/mol. The van der Waals surface area contributed by atoms with E-state index in [-0.39, 0.29) is 17.6 Å². The number of nitrogens with one attached hydrogen (secondary N) is 2. The first-order valence-electron chi connectivity index (χ1n) is 11.1. The Morgan fingerprint density at radius 1 is 1.17 bits per heavy atom. The van der Waals surface area contributed by atoms with E-state index in [1.165, 1.54) is 38.8 Å². The number of ether oxygens (including phenoxy) is 2. The van der Waals surface area contributed by atoms with Crippen LogP contribution in [-0.4, -0.2) is 65.5 Å². The standard InChI is InChI=1S/C21H30N9O5P/c1-13(2)35-20(32)21(4,5)29-36(33,28-19(31)15-8-23-6-7-24-15)12-34-14(3)9-30-11-27-16-17(22)25-10-26-18(16)30/h6-8,10-11,13-14H,9,12H2,1-5H3,(H2,22,25,26)(H2,28,29,31,33)/t14-,36+/m1/s1. The minimum absolute atomic E-state index is 0.0442. The van der Waals surface area contributed by atoms with Crippen LogP contribution in [0.25, 0.3) is 11.2 Å². The zero-order valence-electron chi connectivity index (χ0n) is 20.7. The number of nitrogen functional groups attached to an aromatic ring is 1. The average Bonchev–Trinajstić information content (AvgIpc) is 3.21. The fourth-order valence-corrected chi connectivity index (χ4v) is 5.27. The number of fused-ring (bicyclic) bond motifs is 1. The highest BCUT2D eigenvalue weighted by molar-refractivity contribution is 7.60. The molecular formula is C21H30N9O5P. The van der Waals surface area contributed by atoms with Crippen molar-refractivity contribution >= 4 is 36.3 Å². The lowest BCUT2D eigenvalue weighted by Gasteiger charge is -2.31. The minimum atomic E-state index is -3.87. The topological polar surface area (TPSA) is 189 Å². The van der Waals surface area contributed by atoms with E-state index in [1.54, 1.807) is 31.7 Å². The van der Waals surface area contributed by atoms with Crippen molar-refractivity contribution in [2.45, 2.75) is 58.9 Å². The first-order chi connectivity index (χ1) is 16.9. The molecule has 3 aromatic heterocycles. The summed E-state index contributed by atoms with van der Waals surface area (Å²) in [6.45, 7) is 8.46. The summed E-state index contributed by atoms with van der Waals surface area (Å²) in [4.78, 5) is 45.4. The van der Waals surface area contributed by atoms with Crippen LogP contribution in [0.3, 0.4) is 0 Å². The Hall–Kier alpha value is -3.48. The van der Waals surface area contributed by atoms with Crippen molar-refractivity contribution in [3.8, 4) is 0 Å². The van der Waals surface area contributed by atoms with Gasteiger partial charge in [0.1, 0.15) is 29.4 Å².